The van der Waals surface area contributed by atoms with E-state index in [0.717, 1.165) is 23.5 Å². The SMILES string of the molecule is [CH](Oc1ccccc1)C12CC3CC(CC(C3)C1)C2. The summed E-state index contributed by atoms with van der Waals surface area (Å²) in [5.41, 5.74) is 0.407. The first-order chi connectivity index (χ1) is 8.81. The molecule has 5 rings (SSSR count). The Balaban J connectivity index is 1.48. The number of rotatable bonds is 3. The normalized spacial score (nSPS) is 41.0. The molecule has 95 valence electrons. The van der Waals surface area contributed by atoms with Gasteiger partial charge in [-0.1, -0.05) is 18.2 Å². The smallest absolute Gasteiger partial charge is 0.142 e. The average molecular weight is 241 g/mol. The van der Waals surface area contributed by atoms with Crippen molar-refractivity contribution in [3.63, 3.8) is 0 Å². The molecule has 1 heteroatoms. The lowest BCUT2D eigenvalue weighted by molar-refractivity contribution is -0.0515. The van der Waals surface area contributed by atoms with Gasteiger partial charge in [-0.15, -0.1) is 0 Å². The fourth-order valence-electron chi connectivity index (χ4n) is 5.01. The van der Waals surface area contributed by atoms with Gasteiger partial charge in [-0.3, -0.25) is 0 Å². The predicted octanol–water partition coefficient (Wildman–Crippen LogP) is 4.44. The molecule has 1 nitrogen and oxygen atoms in total. The van der Waals surface area contributed by atoms with Gasteiger partial charge in [0.05, 0.1) is 0 Å². The Hall–Kier alpha value is -0.980. The van der Waals surface area contributed by atoms with Crippen LogP contribution in [0.3, 0.4) is 0 Å². The minimum atomic E-state index is 0.407. The maximum Gasteiger partial charge on any atom is 0.142 e. The number of hydrogen-bond acceptors (Lipinski definition) is 1. The van der Waals surface area contributed by atoms with Crippen LogP contribution < -0.4 is 4.74 Å². The lowest BCUT2D eigenvalue weighted by Gasteiger charge is -2.56. The monoisotopic (exact) mass is 241 g/mol. The molecule has 0 saturated heterocycles. The highest BCUT2D eigenvalue weighted by molar-refractivity contribution is 5.22. The number of para-hydroxylation sites is 1. The van der Waals surface area contributed by atoms with Crippen LogP contribution in [0.5, 0.6) is 5.75 Å². The van der Waals surface area contributed by atoms with Crippen LogP contribution in [0, 0.1) is 29.8 Å². The molecule has 18 heavy (non-hydrogen) atoms. The summed E-state index contributed by atoms with van der Waals surface area (Å²) in [5, 5.41) is 0. The van der Waals surface area contributed by atoms with Gasteiger partial charge in [0.15, 0.2) is 0 Å². The zero-order chi connectivity index (χ0) is 12.0. The van der Waals surface area contributed by atoms with Crippen LogP contribution >= 0.6 is 0 Å². The Labute approximate surface area is 110 Å². The first-order valence-electron chi connectivity index (χ1n) is 7.37. The molecule has 0 aliphatic heterocycles. The Morgan fingerprint density at radius 3 is 2.00 bits per heavy atom. The molecule has 0 unspecified atom stereocenters. The van der Waals surface area contributed by atoms with Crippen molar-refractivity contribution in [2.75, 3.05) is 0 Å². The van der Waals surface area contributed by atoms with E-state index in [2.05, 4.69) is 18.7 Å². The lowest BCUT2D eigenvalue weighted by atomic mass is 9.50. The Morgan fingerprint density at radius 2 is 1.44 bits per heavy atom. The predicted molar refractivity (Wildman–Crippen MR) is 72.0 cm³/mol. The maximum absolute atomic E-state index is 5.97. The summed E-state index contributed by atoms with van der Waals surface area (Å²) in [6.45, 7) is 2.20. The van der Waals surface area contributed by atoms with E-state index in [1.807, 2.05) is 18.2 Å². The molecule has 0 N–H and O–H groups in total. The van der Waals surface area contributed by atoms with E-state index in [1.165, 1.54) is 38.5 Å². The minimum Gasteiger partial charge on any atom is -0.486 e. The van der Waals surface area contributed by atoms with Crippen molar-refractivity contribution in [3.05, 3.63) is 36.9 Å². The lowest BCUT2D eigenvalue weighted by Crippen LogP contribution is -2.46. The molecule has 4 aliphatic carbocycles. The molecule has 1 radical (unpaired) electrons. The van der Waals surface area contributed by atoms with Gasteiger partial charge in [0, 0.05) is 5.41 Å². The van der Waals surface area contributed by atoms with Crippen LogP contribution in [0.4, 0.5) is 0 Å². The second-order valence-electron chi connectivity index (χ2n) is 6.83. The van der Waals surface area contributed by atoms with E-state index in [1.54, 1.807) is 0 Å². The Morgan fingerprint density at radius 1 is 0.889 bits per heavy atom. The molecule has 0 spiro atoms. The van der Waals surface area contributed by atoms with Gasteiger partial charge >= 0.3 is 0 Å². The number of hydrogen-bond donors (Lipinski definition) is 0. The number of ether oxygens (including phenoxy) is 1. The van der Waals surface area contributed by atoms with Crippen molar-refractivity contribution < 1.29 is 4.74 Å². The third kappa shape index (κ3) is 1.84. The summed E-state index contributed by atoms with van der Waals surface area (Å²) >= 11 is 0. The second-order valence-corrected chi connectivity index (χ2v) is 6.83. The summed E-state index contributed by atoms with van der Waals surface area (Å²) in [7, 11) is 0. The van der Waals surface area contributed by atoms with Crippen molar-refractivity contribution in [2.45, 2.75) is 38.5 Å². The molecule has 1 aromatic rings. The third-order valence-electron chi connectivity index (χ3n) is 5.27. The largest absolute Gasteiger partial charge is 0.486 e. The van der Waals surface area contributed by atoms with Crippen molar-refractivity contribution in [3.8, 4) is 5.75 Å². The van der Waals surface area contributed by atoms with E-state index in [0.29, 0.717) is 5.41 Å². The zero-order valence-electron chi connectivity index (χ0n) is 10.8. The van der Waals surface area contributed by atoms with E-state index in [9.17, 15) is 0 Å². The van der Waals surface area contributed by atoms with Gasteiger partial charge in [0.25, 0.3) is 0 Å². The summed E-state index contributed by atoms with van der Waals surface area (Å²) in [6.07, 6.45) is 8.64. The minimum absolute atomic E-state index is 0.407. The zero-order valence-corrected chi connectivity index (χ0v) is 10.8. The molecule has 0 amide bonds. The van der Waals surface area contributed by atoms with E-state index >= 15 is 0 Å². The molecule has 0 heterocycles. The summed E-state index contributed by atoms with van der Waals surface area (Å²) in [6, 6.07) is 10.2. The highest BCUT2D eigenvalue weighted by Gasteiger charge is 2.51. The van der Waals surface area contributed by atoms with Crippen LogP contribution in [0.1, 0.15) is 38.5 Å². The van der Waals surface area contributed by atoms with Crippen molar-refractivity contribution in [2.24, 2.45) is 23.2 Å². The van der Waals surface area contributed by atoms with Gasteiger partial charge in [0.1, 0.15) is 12.4 Å². The molecule has 4 fully saturated rings. The molecule has 4 aliphatic rings. The van der Waals surface area contributed by atoms with Gasteiger partial charge in [-0.2, -0.15) is 0 Å². The van der Waals surface area contributed by atoms with E-state index in [4.69, 9.17) is 4.74 Å². The Kier molecular flexibility index (Phi) is 2.43. The third-order valence-corrected chi connectivity index (χ3v) is 5.27. The maximum atomic E-state index is 5.97. The average Bonchev–Trinajstić information content (AvgIpc) is 2.36. The highest BCUT2D eigenvalue weighted by Crippen LogP contribution is 2.61. The van der Waals surface area contributed by atoms with Crippen LogP contribution in [0.15, 0.2) is 30.3 Å². The number of benzene rings is 1. The molecular formula is C17H21O. The molecule has 4 bridgehead atoms. The van der Waals surface area contributed by atoms with Gasteiger partial charge < -0.3 is 4.74 Å². The topological polar surface area (TPSA) is 9.23 Å². The van der Waals surface area contributed by atoms with Crippen LogP contribution in [-0.2, 0) is 0 Å². The molecule has 0 aromatic heterocycles. The molecule has 0 atom stereocenters. The van der Waals surface area contributed by atoms with Gasteiger partial charge in [-0.25, -0.2) is 0 Å². The van der Waals surface area contributed by atoms with Crippen LogP contribution in [-0.4, -0.2) is 0 Å². The fraction of sp³-hybridized carbons (Fsp3) is 0.588. The summed E-state index contributed by atoms with van der Waals surface area (Å²) in [5.74, 6) is 3.97. The summed E-state index contributed by atoms with van der Waals surface area (Å²) < 4.78 is 5.97. The van der Waals surface area contributed by atoms with E-state index in [-0.39, 0.29) is 0 Å². The molecule has 1 aromatic carbocycles. The molecule has 4 saturated carbocycles. The first kappa shape index (κ1) is 10.9. The van der Waals surface area contributed by atoms with E-state index < -0.39 is 0 Å². The first-order valence-corrected chi connectivity index (χ1v) is 7.37. The second kappa shape index (κ2) is 4.01. The van der Waals surface area contributed by atoms with Gasteiger partial charge in [0.2, 0.25) is 0 Å². The summed E-state index contributed by atoms with van der Waals surface area (Å²) in [4.78, 5) is 0. The molecular weight excluding hydrogens is 220 g/mol. The quantitative estimate of drug-likeness (QED) is 0.760. The highest BCUT2D eigenvalue weighted by atomic mass is 16.5. The van der Waals surface area contributed by atoms with Crippen molar-refractivity contribution in [1.29, 1.82) is 0 Å². The van der Waals surface area contributed by atoms with Crippen LogP contribution in [0.2, 0.25) is 0 Å². The van der Waals surface area contributed by atoms with Gasteiger partial charge in [-0.05, 0) is 68.4 Å². The standard InChI is InChI=1S/C17H21O/c1-2-4-16(5-3-1)18-12-17-9-13-6-14(10-17)8-15(7-13)11-17/h1-5,12-15H,6-11H2. The Bertz CT molecular complexity index is 387. The fourth-order valence-corrected chi connectivity index (χ4v) is 5.01. The van der Waals surface area contributed by atoms with Crippen LogP contribution in [0.25, 0.3) is 0 Å². The van der Waals surface area contributed by atoms with Crippen molar-refractivity contribution in [1.82, 2.24) is 0 Å². The van der Waals surface area contributed by atoms with Crippen molar-refractivity contribution >= 4 is 0 Å².